The highest BCUT2D eigenvalue weighted by Gasteiger charge is 2.37. The van der Waals surface area contributed by atoms with Crippen molar-refractivity contribution in [1.29, 1.82) is 0 Å². The topological polar surface area (TPSA) is 133 Å². The van der Waals surface area contributed by atoms with E-state index in [4.69, 9.17) is 14.2 Å². The molecule has 2 aromatic rings. The van der Waals surface area contributed by atoms with Crippen LogP contribution in [0.3, 0.4) is 0 Å². The number of aliphatic hydroxyl groups excluding tert-OH is 1. The molecule has 1 aliphatic heterocycles. The van der Waals surface area contributed by atoms with Gasteiger partial charge in [0.05, 0.1) is 9.79 Å². The Kier molecular flexibility index (Phi) is 7.45. The van der Waals surface area contributed by atoms with E-state index in [2.05, 4.69) is 0 Å². The number of ether oxygens (including phenoxy) is 3. The highest BCUT2D eigenvalue weighted by Crippen LogP contribution is 2.29. The summed E-state index contributed by atoms with van der Waals surface area (Å²) < 4.78 is 63.0. The standard InChI is InChI=1S/C22H24O9S2/c1-32(25,26)17-7-3-15(4-8-17)13-29-20-19(11-12-23)31-22(24)21(20)30-14-16-5-9-18(10-6-16)33(2,27)28/h3-10,19,23H,11-14H2,1-2H3. The monoisotopic (exact) mass is 496 g/mol. The van der Waals surface area contributed by atoms with Crippen molar-refractivity contribution in [3.05, 3.63) is 71.2 Å². The molecule has 1 aliphatic rings. The Morgan fingerprint density at radius 1 is 0.818 bits per heavy atom. The van der Waals surface area contributed by atoms with Crippen molar-refractivity contribution in [3.63, 3.8) is 0 Å². The third-order valence-electron chi connectivity index (χ3n) is 4.82. The minimum atomic E-state index is -3.33. The lowest BCUT2D eigenvalue weighted by molar-refractivity contribution is -0.143. The number of rotatable bonds is 10. The van der Waals surface area contributed by atoms with Gasteiger partial charge in [0.1, 0.15) is 13.2 Å². The molecule has 11 heteroatoms. The van der Waals surface area contributed by atoms with Crippen LogP contribution in [-0.4, -0.2) is 53.1 Å². The van der Waals surface area contributed by atoms with E-state index in [1.807, 2.05) is 0 Å². The molecule has 0 amide bonds. The molecule has 1 atom stereocenters. The van der Waals surface area contributed by atoms with Crippen molar-refractivity contribution >= 4 is 25.6 Å². The summed E-state index contributed by atoms with van der Waals surface area (Å²) in [5.74, 6) is -0.731. The molecule has 1 N–H and O–H groups in total. The number of sulfone groups is 2. The number of carbonyl (C=O) groups excluding carboxylic acids is 1. The normalized spacial score (nSPS) is 16.6. The number of cyclic esters (lactones) is 1. The lowest BCUT2D eigenvalue weighted by atomic mass is 10.2. The number of esters is 1. The van der Waals surface area contributed by atoms with E-state index in [0.717, 1.165) is 12.5 Å². The third kappa shape index (κ3) is 6.34. The van der Waals surface area contributed by atoms with Crippen LogP contribution in [0, 0.1) is 0 Å². The van der Waals surface area contributed by atoms with Gasteiger partial charge in [0, 0.05) is 25.5 Å². The Morgan fingerprint density at radius 3 is 1.70 bits per heavy atom. The van der Waals surface area contributed by atoms with Crippen LogP contribution in [0.1, 0.15) is 17.5 Å². The first kappa shape index (κ1) is 24.7. The smallest absolute Gasteiger partial charge is 0.378 e. The lowest BCUT2D eigenvalue weighted by Crippen LogP contribution is -2.15. The summed E-state index contributed by atoms with van der Waals surface area (Å²) in [7, 11) is -6.65. The van der Waals surface area contributed by atoms with Gasteiger partial charge in [-0.25, -0.2) is 21.6 Å². The number of aliphatic hydroxyl groups is 1. The number of hydrogen-bond donors (Lipinski definition) is 1. The molecule has 0 radical (unpaired) electrons. The van der Waals surface area contributed by atoms with Gasteiger partial charge in [0.25, 0.3) is 0 Å². The third-order valence-corrected chi connectivity index (χ3v) is 7.08. The molecular weight excluding hydrogens is 472 g/mol. The molecule has 1 heterocycles. The van der Waals surface area contributed by atoms with Gasteiger partial charge in [-0.15, -0.1) is 0 Å². The fourth-order valence-corrected chi connectivity index (χ4v) is 4.32. The summed E-state index contributed by atoms with van der Waals surface area (Å²) in [6.45, 7) is -0.252. The van der Waals surface area contributed by atoms with E-state index < -0.39 is 31.7 Å². The zero-order valence-corrected chi connectivity index (χ0v) is 19.7. The van der Waals surface area contributed by atoms with Gasteiger partial charge in [-0.2, -0.15) is 0 Å². The Labute approximate surface area is 192 Å². The molecule has 0 fully saturated rings. The lowest BCUT2D eigenvalue weighted by Gasteiger charge is -2.14. The molecule has 33 heavy (non-hydrogen) atoms. The zero-order valence-electron chi connectivity index (χ0n) is 18.1. The maximum Gasteiger partial charge on any atom is 0.378 e. The fraction of sp³-hybridized carbons (Fsp3) is 0.318. The van der Waals surface area contributed by atoms with Gasteiger partial charge in [0.2, 0.25) is 5.76 Å². The van der Waals surface area contributed by atoms with Crippen molar-refractivity contribution in [2.75, 3.05) is 19.1 Å². The van der Waals surface area contributed by atoms with Crippen LogP contribution in [0.4, 0.5) is 0 Å². The highest BCUT2D eigenvalue weighted by molar-refractivity contribution is 7.91. The second-order valence-electron chi connectivity index (χ2n) is 7.51. The maximum atomic E-state index is 12.3. The minimum Gasteiger partial charge on any atom is -0.485 e. The van der Waals surface area contributed by atoms with Crippen molar-refractivity contribution < 1.29 is 40.9 Å². The summed E-state index contributed by atoms with van der Waals surface area (Å²) >= 11 is 0. The van der Waals surface area contributed by atoms with E-state index in [1.165, 1.54) is 24.3 Å². The van der Waals surface area contributed by atoms with Crippen molar-refractivity contribution in [2.45, 2.75) is 35.5 Å². The Morgan fingerprint density at radius 2 is 1.27 bits per heavy atom. The minimum absolute atomic E-state index is 0.0217. The quantitative estimate of drug-likeness (QED) is 0.488. The van der Waals surface area contributed by atoms with E-state index in [0.29, 0.717) is 11.1 Å². The van der Waals surface area contributed by atoms with E-state index in [9.17, 15) is 26.7 Å². The van der Waals surface area contributed by atoms with Crippen LogP contribution in [0.15, 0.2) is 69.8 Å². The predicted molar refractivity (Wildman–Crippen MR) is 117 cm³/mol. The number of carbonyl (C=O) groups is 1. The SMILES string of the molecule is CS(=O)(=O)c1ccc(COC2=C(OCc3ccc(S(C)(=O)=O)cc3)C(CCO)OC2=O)cc1. The summed E-state index contributed by atoms with van der Waals surface area (Å²) in [5, 5.41) is 9.29. The molecule has 0 saturated heterocycles. The number of benzene rings is 2. The molecule has 0 aliphatic carbocycles. The molecule has 3 rings (SSSR count). The van der Waals surface area contributed by atoms with Crippen LogP contribution in [0.2, 0.25) is 0 Å². The summed E-state index contributed by atoms with van der Waals surface area (Å²) in [5.41, 5.74) is 1.29. The zero-order chi connectivity index (χ0) is 24.2. The van der Waals surface area contributed by atoms with Gasteiger partial charge in [-0.3, -0.25) is 0 Å². The van der Waals surface area contributed by atoms with E-state index in [1.54, 1.807) is 24.3 Å². The van der Waals surface area contributed by atoms with E-state index in [-0.39, 0.29) is 47.6 Å². The molecule has 9 nitrogen and oxygen atoms in total. The second kappa shape index (κ2) is 9.94. The first-order chi connectivity index (χ1) is 15.5. The van der Waals surface area contributed by atoms with Crippen LogP contribution >= 0.6 is 0 Å². The largest absolute Gasteiger partial charge is 0.485 e. The van der Waals surface area contributed by atoms with Crippen LogP contribution < -0.4 is 0 Å². The molecule has 1 unspecified atom stereocenters. The molecular formula is C22H24O9S2. The molecule has 0 aromatic heterocycles. The van der Waals surface area contributed by atoms with Crippen LogP contribution in [0.5, 0.6) is 0 Å². The number of hydrogen-bond acceptors (Lipinski definition) is 9. The summed E-state index contributed by atoms with van der Waals surface area (Å²) in [4.78, 5) is 12.7. The highest BCUT2D eigenvalue weighted by atomic mass is 32.2. The molecule has 0 spiro atoms. The van der Waals surface area contributed by atoms with Gasteiger partial charge in [-0.05, 0) is 35.4 Å². The Bertz CT molecular complexity index is 1240. The first-order valence-electron chi connectivity index (χ1n) is 9.88. The average Bonchev–Trinajstić information content (AvgIpc) is 3.04. The Balaban J connectivity index is 1.75. The molecule has 0 bridgehead atoms. The van der Waals surface area contributed by atoms with Gasteiger partial charge in [0.15, 0.2) is 31.5 Å². The molecule has 0 saturated carbocycles. The summed E-state index contributed by atoms with van der Waals surface area (Å²) in [6.07, 6.45) is 1.52. The predicted octanol–water partition coefficient (Wildman–Crippen LogP) is 1.75. The average molecular weight is 497 g/mol. The van der Waals surface area contributed by atoms with Gasteiger partial charge >= 0.3 is 5.97 Å². The molecule has 2 aromatic carbocycles. The molecule has 178 valence electrons. The second-order valence-corrected chi connectivity index (χ2v) is 11.5. The first-order valence-corrected chi connectivity index (χ1v) is 13.7. The van der Waals surface area contributed by atoms with Crippen molar-refractivity contribution in [1.82, 2.24) is 0 Å². The van der Waals surface area contributed by atoms with Crippen molar-refractivity contribution in [2.24, 2.45) is 0 Å². The van der Waals surface area contributed by atoms with Crippen molar-refractivity contribution in [3.8, 4) is 0 Å². The van der Waals surface area contributed by atoms with Crippen LogP contribution in [-0.2, 0) is 51.9 Å². The maximum absolute atomic E-state index is 12.3. The van der Waals surface area contributed by atoms with Gasteiger partial charge < -0.3 is 19.3 Å². The summed E-state index contributed by atoms with van der Waals surface area (Å²) in [6, 6.07) is 12.2. The van der Waals surface area contributed by atoms with E-state index >= 15 is 0 Å². The fourth-order valence-electron chi connectivity index (χ4n) is 3.06. The van der Waals surface area contributed by atoms with Gasteiger partial charge in [-0.1, -0.05) is 24.3 Å². The van der Waals surface area contributed by atoms with Crippen LogP contribution in [0.25, 0.3) is 0 Å². The Hall–Kier alpha value is -2.89.